The molecule has 0 amide bonds. The minimum Gasteiger partial charge on any atom is -0.271 e. The molecular formula is C9H15ClN2. The van der Waals surface area contributed by atoms with Gasteiger partial charge in [0.2, 0.25) is 0 Å². The van der Waals surface area contributed by atoms with Crippen molar-refractivity contribution in [3.63, 3.8) is 0 Å². The van der Waals surface area contributed by atoms with Crippen molar-refractivity contribution >= 4 is 12.4 Å². The maximum atomic E-state index is 5.25. The van der Waals surface area contributed by atoms with E-state index in [0.717, 1.165) is 6.54 Å². The first-order chi connectivity index (χ1) is 5.25. The van der Waals surface area contributed by atoms with Crippen LogP contribution in [-0.4, -0.2) is 0 Å². The van der Waals surface area contributed by atoms with Gasteiger partial charge in [0.05, 0.1) is 0 Å². The Labute approximate surface area is 79.5 Å². The maximum absolute atomic E-state index is 5.25. The molecule has 0 radical (unpaired) electrons. The van der Waals surface area contributed by atoms with Crippen LogP contribution < -0.4 is 11.3 Å². The Morgan fingerprint density at radius 1 is 1.25 bits per heavy atom. The molecule has 1 rings (SSSR count). The molecule has 12 heavy (non-hydrogen) atoms. The van der Waals surface area contributed by atoms with Crippen LogP contribution in [0.25, 0.3) is 0 Å². The van der Waals surface area contributed by atoms with Gasteiger partial charge in [-0.1, -0.05) is 18.2 Å². The molecule has 68 valence electrons. The van der Waals surface area contributed by atoms with Gasteiger partial charge in [0.1, 0.15) is 0 Å². The molecule has 0 unspecified atom stereocenters. The smallest absolute Gasteiger partial charge is 0.0353 e. The highest BCUT2D eigenvalue weighted by Crippen LogP contribution is 2.11. The average Bonchev–Trinajstić information content (AvgIpc) is 1.97. The molecule has 0 fully saturated rings. The number of hydrazine groups is 1. The lowest BCUT2D eigenvalue weighted by molar-refractivity contribution is 0.733. The van der Waals surface area contributed by atoms with Crippen LogP contribution in [0.2, 0.25) is 0 Å². The molecule has 0 atom stereocenters. The van der Waals surface area contributed by atoms with E-state index >= 15 is 0 Å². The summed E-state index contributed by atoms with van der Waals surface area (Å²) in [6.45, 7) is 4.94. The third kappa shape index (κ3) is 2.48. The van der Waals surface area contributed by atoms with Gasteiger partial charge in [-0.25, -0.2) is 0 Å². The van der Waals surface area contributed by atoms with Crippen molar-refractivity contribution in [3.8, 4) is 0 Å². The van der Waals surface area contributed by atoms with Crippen molar-refractivity contribution < 1.29 is 0 Å². The normalized spacial score (nSPS) is 9.25. The molecule has 0 saturated heterocycles. The van der Waals surface area contributed by atoms with Gasteiger partial charge in [-0.3, -0.25) is 11.3 Å². The van der Waals surface area contributed by atoms with Gasteiger partial charge in [-0.05, 0) is 30.5 Å². The van der Waals surface area contributed by atoms with Crippen LogP contribution >= 0.6 is 12.4 Å². The fourth-order valence-corrected chi connectivity index (χ4v) is 1.23. The summed E-state index contributed by atoms with van der Waals surface area (Å²) in [4.78, 5) is 0. The third-order valence-corrected chi connectivity index (χ3v) is 1.92. The first-order valence-electron chi connectivity index (χ1n) is 3.74. The van der Waals surface area contributed by atoms with E-state index in [1.54, 1.807) is 0 Å². The molecule has 3 N–H and O–H groups in total. The number of nitrogens with one attached hydrogen (secondary N) is 1. The number of hydrogen-bond donors (Lipinski definition) is 2. The van der Waals surface area contributed by atoms with Gasteiger partial charge in [-0.15, -0.1) is 12.4 Å². The summed E-state index contributed by atoms with van der Waals surface area (Å²) < 4.78 is 0. The second-order valence-electron chi connectivity index (χ2n) is 2.75. The number of hydrogen-bond acceptors (Lipinski definition) is 2. The molecule has 1 aromatic rings. The van der Waals surface area contributed by atoms with E-state index in [1.807, 2.05) is 0 Å². The van der Waals surface area contributed by atoms with E-state index < -0.39 is 0 Å². The Balaban J connectivity index is 0.00000121. The van der Waals surface area contributed by atoms with Crippen LogP contribution in [0.5, 0.6) is 0 Å². The molecule has 0 aliphatic rings. The summed E-state index contributed by atoms with van der Waals surface area (Å²) in [6.07, 6.45) is 0. The summed E-state index contributed by atoms with van der Waals surface area (Å²) in [7, 11) is 0. The van der Waals surface area contributed by atoms with E-state index in [0.29, 0.717) is 0 Å². The second-order valence-corrected chi connectivity index (χ2v) is 2.75. The monoisotopic (exact) mass is 186 g/mol. The van der Waals surface area contributed by atoms with Gasteiger partial charge < -0.3 is 0 Å². The Bertz CT molecular complexity index is 228. The van der Waals surface area contributed by atoms with Gasteiger partial charge >= 0.3 is 0 Å². The van der Waals surface area contributed by atoms with Crippen LogP contribution in [0.4, 0.5) is 0 Å². The second kappa shape index (κ2) is 5.14. The Morgan fingerprint density at radius 3 is 2.17 bits per heavy atom. The SMILES string of the molecule is Cc1cccc(C)c1CNN.Cl. The summed E-state index contributed by atoms with van der Waals surface area (Å²) >= 11 is 0. The van der Waals surface area contributed by atoms with Gasteiger partial charge in [0.15, 0.2) is 0 Å². The molecular weight excluding hydrogens is 172 g/mol. The molecule has 0 saturated carbocycles. The highest BCUT2D eigenvalue weighted by atomic mass is 35.5. The summed E-state index contributed by atoms with van der Waals surface area (Å²) in [5.41, 5.74) is 6.56. The summed E-state index contributed by atoms with van der Waals surface area (Å²) in [6, 6.07) is 6.25. The zero-order chi connectivity index (χ0) is 8.27. The van der Waals surface area contributed by atoms with Crippen LogP contribution in [0, 0.1) is 13.8 Å². The lowest BCUT2D eigenvalue weighted by Gasteiger charge is -2.07. The van der Waals surface area contributed by atoms with Crippen LogP contribution in [-0.2, 0) is 6.54 Å². The zero-order valence-electron chi connectivity index (χ0n) is 7.42. The Morgan fingerprint density at radius 2 is 1.75 bits per heavy atom. The topological polar surface area (TPSA) is 38.0 Å². The first kappa shape index (κ1) is 11.4. The lowest BCUT2D eigenvalue weighted by atomic mass is 10.0. The Kier molecular flexibility index (Phi) is 4.90. The predicted molar refractivity (Wildman–Crippen MR) is 54.2 cm³/mol. The molecule has 3 heteroatoms. The Hall–Kier alpha value is -0.570. The molecule has 0 aliphatic heterocycles. The number of nitrogens with two attached hydrogens (primary N) is 1. The largest absolute Gasteiger partial charge is 0.271 e. The molecule has 0 spiro atoms. The van der Waals surface area contributed by atoms with Crippen molar-refractivity contribution in [1.29, 1.82) is 0 Å². The quantitative estimate of drug-likeness (QED) is 0.545. The van der Waals surface area contributed by atoms with Gasteiger partial charge in [0.25, 0.3) is 0 Å². The van der Waals surface area contributed by atoms with Crippen molar-refractivity contribution in [3.05, 3.63) is 34.9 Å². The summed E-state index contributed by atoms with van der Waals surface area (Å²) in [5, 5.41) is 0. The third-order valence-electron chi connectivity index (χ3n) is 1.92. The van der Waals surface area contributed by atoms with Crippen molar-refractivity contribution in [1.82, 2.24) is 5.43 Å². The predicted octanol–water partition coefficient (Wildman–Crippen LogP) is 1.69. The molecule has 2 nitrogen and oxygen atoms in total. The van der Waals surface area contributed by atoms with E-state index in [9.17, 15) is 0 Å². The van der Waals surface area contributed by atoms with E-state index in [1.165, 1.54) is 16.7 Å². The fraction of sp³-hybridized carbons (Fsp3) is 0.333. The van der Waals surface area contributed by atoms with E-state index in [-0.39, 0.29) is 12.4 Å². The first-order valence-corrected chi connectivity index (χ1v) is 3.74. The minimum atomic E-state index is 0. The summed E-state index contributed by atoms with van der Waals surface area (Å²) in [5.74, 6) is 5.25. The van der Waals surface area contributed by atoms with Crippen LogP contribution in [0.15, 0.2) is 18.2 Å². The van der Waals surface area contributed by atoms with Crippen molar-refractivity contribution in [2.75, 3.05) is 0 Å². The highest BCUT2D eigenvalue weighted by Gasteiger charge is 1.98. The molecule has 1 aromatic carbocycles. The van der Waals surface area contributed by atoms with E-state index in [2.05, 4.69) is 37.5 Å². The number of halogens is 1. The van der Waals surface area contributed by atoms with Crippen molar-refractivity contribution in [2.24, 2.45) is 5.84 Å². The highest BCUT2D eigenvalue weighted by molar-refractivity contribution is 5.85. The molecule has 0 aromatic heterocycles. The molecule has 0 bridgehead atoms. The lowest BCUT2D eigenvalue weighted by Crippen LogP contribution is -2.21. The minimum absolute atomic E-state index is 0. The number of rotatable bonds is 2. The van der Waals surface area contributed by atoms with E-state index in [4.69, 9.17) is 5.84 Å². The van der Waals surface area contributed by atoms with Gasteiger partial charge in [-0.2, -0.15) is 0 Å². The fourth-order valence-electron chi connectivity index (χ4n) is 1.23. The van der Waals surface area contributed by atoms with Crippen molar-refractivity contribution in [2.45, 2.75) is 20.4 Å². The zero-order valence-corrected chi connectivity index (χ0v) is 8.24. The van der Waals surface area contributed by atoms with Crippen LogP contribution in [0.3, 0.4) is 0 Å². The average molecular weight is 187 g/mol. The van der Waals surface area contributed by atoms with Gasteiger partial charge in [0, 0.05) is 6.54 Å². The number of aryl methyl sites for hydroxylation is 2. The van der Waals surface area contributed by atoms with Crippen LogP contribution in [0.1, 0.15) is 16.7 Å². The standard InChI is InChI=1S/C9H14N2.ClH/c1-7-4-3-5-8(2)9(7)6-11-10;/h3-5,11H,6,10H2,1-2H3;1H. The molecule has 0 aliphatic carbocycles. The maximum Gasteiger partial charge on any atom is 0.0353 e. The number of benzene rings is 1. The molecule has 0 heterocycles.